The van der Waals surface area contributed by atoms with Crippen molar-refractivity contribution in [1.29, 1.82) is 5.26 Å². The van der Waals surface area contributed by atoms with Crippen LogP contribution in [-0.4, -0.2) is 21.4 Å². The summed E-state index contributed by atoms with van der Waals surface area (Å²) in [5.41, 5.74) is 1.18. The van der Waals surface area contributed by atoms with E-state index in [4.69, 9.17) is 28.1 Å². The standard InChI is InChI=1S/C19H17ClN4O2/c1-11-15(9-8-14(10-21)16(11)20)22-17(12(2)25)19-24-23-18(26-19)13-6-4-3-5-7-13/h3-9,12,17,22,25H,1-2H3/t12-,17+/m0/s1/i3D,4D,5D,6D,7D. The highest BCUT2D eigenvalue weighted by Crippen LogP contribution is 2.31. The highest BCUT2D eigenvalue weighted by atomic mass is 35.5. The lowest BCUT2D eigenvalue weighted by Crippen LogP contribution is -2.23. The molecule has 3 aromatic rings. The molecule has 1 aromatic heterocycles. The zero-order valence-electron chi connectivity index (χ0n) is 18.9. The Kier molecular flexibility index (Phi) is 3.63. The molecule has 0 radical (unpaired) electrons. The van der Waals surface area contributed by atoms with Crippen LogP contribution >= 0.6 is 11.6 Å². The van der Waals surface area contributed by atoms with Gasteiger partial charge in [0.25, 0.3) is 0 Å². The second-order valence-corrected chi connectivity index (χ2v) is 5.90. The molecule has 132 valence electrons. The zero-order chi connectivity index (χ0) is 23.0. The van der Waals surface area contributed by atoms with E-state index in [9.17, 15) is 5.11 Å². The van der Waals surface area contributed by atoms with Crippen molar-refractivity contribution in [2.75, 3.05) is 5.32 Å². The normalized spacial score (nSPS) is 15.7. The molecule has 0 fully saturated rings. The van der Waals surface area contributed by atoms with E-state index < -0.39 is 42.4 Å². The van der Waals surface area contributed by atoms with Crippen LogP contribution in [0.1, 0.15) is 36.8 Å². The first-order valence-electron chi connectivity index (χ1n) is 10.1. The summed E-state index contributed by atoms with van der Waals surface area (Å²) in [6.45, 7) is 3.20. The number of hydrogen-bond acceptors (Lipinski definition) is 6. The first kappa shape index (κ1) is 12.5. The number of halogens is 1. The lowest BCUT2D eigenvalue weighted by atomic mass is 10.1. The number of nitrogens with one attached hydrogen (secondary N) is 1. The Labute approximate surface area is 163 Å². The number of aliphatic hydroxyl groups excluding tert-OH is 1. The fourth-order valence-corrected chi connectivity index (χ4v) is 2.51. The van der Waals surface area contributed by atoms with Crippen LogP contribution < -0.4 is 5.32 Å². The van der Waals surface area contributed by atoms with Gasteiger partial charge in [0.05, 0.1) is 23.5 Å². The van der Waals surface area contributed by atoms with Gasteiger partial charge >= 0.3 is 0 Å². The van der Waals surface area contributed by atoms with E-state index in [0.717, 1.165) is 0 Å². The molecule has 0 aliphatic rings. The van der Waals surface area contributed by atoms with Gasteiger partial charge in [0.1, 0.15) is 12.1 Å². The van der Waals surface area contributed by atoms with E-state index in [1.54, 1.807) is 13.0 Å². The minimum atomic E-state index is -1.01. The molecule has 0 spiro atoms. The molecule has 0 aliphatic carbocycles. The fraction of sp³-hybridized carbons (Fsp3) is 0.211. The van der Waals surface area contributed by atoms with E-state index >= 15 is 0 Å². The predicted octanol–water partition coefficient (Wildman–Crippen LogP) is 4.10. The van der Waals surface area contributed by atoms with Crippen LogP contribution in [0, 0.1) is 18.3 Å². The quantitative estimate of drug-likeness (QED) is 0.699. The van der Waals surface area contributed by atoms with E-state index in [2.05, 4.69) is 15.5 Å². The summed E-state index contributed by atoms with van der Waals surface area (Å²) in [5, 5.41) is 30.4. The van der Waals surface area contributed by atoms with Gasteiger partial charge in [0, 0.05) is 11.3 Å². The minimum Gasteiger partial charge on any atom is -0.418 e. The van der Waals surface area contributed by atoms with Crippen molar-refractivity contribution in [3.05, 3.63) is 64.4 Å². The lowest BCUT2D eigenvalue weighted by molar-refractivity contribution is 0.159. The summed E-state index contributed by atoms with van der Waals surface area (Å²) < 4.78 is 44.9. The molecule has 2 atom stereocenters. The van der Waals surface area contributed by atoms with Crippen LogP contribution in [0.15, 0.2) is 46.8 Å². The SMILES string of the molecule is [2H]c1c([2H])c([2H])c(-c2nnc([C@H](Nc3ccc(C#N)c(Cl)c3C)[C@H](C)O)o2)c([2H])c1[2H]. The lowest BCUT2D eigenvalue weighted by Gasteiger charge is -2.21. The number of nitriles is 1. The molecule has 0 bridgehead atoms. The molecule has 0 saturated heterocycles. The average molecular weight is 374 g/mol. The topological polar surface area (TPSA) is 95.0 Å². The van der Waals surface area contributed by atoms with Crippen molar-refractivity contribution in [3.8, 4) is 17.5 Å². The summed E-state index contributed by atoms with van der Waals surface area (Å²) in [6.07, 6.45) is -1.01. The number of anilines is 1. The molecule has 0 saturated carbocycles. The third-order valence-corrected chi connectivity index (χ3v) is 4.21. The number of aromatic nitrogens is 2. The van der Waals surface area contributed by atoms with Gasteiger partial charge in [-0.15, -0.1) is 10.2 Å². The van der Waals surface area contributed by atoms with Gasteiger partial charge in [-0.25, -0.2) is 0 Å². The molecule has 2 aromatic carbocycles. The predicted molar refractivity (Wildman–Crippen MR) is 98.7 cm³/mol. The molecule has 2 N–H and O–H groups in total. The molecule has 1 heterocycles. The van der Waals surface area contributed by atoms with Gasteiger partial charge in [0.15, 0.2) is 0 Å². The Hall–Kier alpha value is -2.88. The molecule has 3 rings (SSSR count). The van der Waals surface area contributed by atoms with E-state index in [1.807, 2.05) is 6.07 Å². The summed E-state index contributed by atoms with van der Waals surface area (Å²) in [6, 6.07) is 1.72. The third kappa shape index (κ3) is 3.54. The Bertz CT molecular complexity index is 1180. The van der Waals surface area contributed by atoms with Gasteiger partial charge < -0.3 is 14.8 Å². The van der Waals surface area contributed by atoms with E-state index in [-0.39, 0.29) is 22.4 Å². The van der Waals surface area contributed by atoms with Crippen LogP contribution in [0.25, 0.3) is 11.5 Å². The second-order valence-electron chi connectivity index (χ2n) is 5.52. The molecular weight excluding hydrogens is 352 g/mol. The van der Waals surface area contributed by atoms with Crippen LogP contribution in [0.3, 0.4) is 0 Å². The first-order chi connectivity index (χ1) is 14.6. The number of benzene rings is 2. The Morgan fingerprint density at radius 1 is 1.31 bits per heavy atom. The van der Waals surface area contributed by atoms with Gasteiger partial charge in [-0.1, -0.05) is 29.7 Å². The first-order valence-corrected chi connectivity index (χ1v) is 8.00. The van der Waals surface area contributed by atoms with Crippen molar-refractivity contribution < 1.29 is 16.4 Å². The van der Waals surface area contributed by atoms with Gasteiger partial charge in [0.2, 0.25) is 11.8 Å². The van der Waals surface area contributed by atoms with E-state index in [0.29, 0.717) is 16.8 Å². The van der Waals surface area contributed by atoms with Crippen LogP contribution in [0.2, 0.25) is 5.02 Å². The smallest absolute Gasteiger partial charge is 0.247 e. The number of nitrogens with zero attached hydrogens (tertiary/aromatic N) is 3. The highest BCUT2D eigenvalue weighted by Gasteiger charge is 2.25. The maximum absolute atomic E-state index is 10.3. The average Bonchev–Trinajstić information content (AvgIpc) is 3.21. The van der Waals surface area contributed by atoms with Gasteiger partial charge in [-0.2, -0.15) is 5.26 Å². The van der Waals surface area contributed by atoms with Crippen molar-refractivity contribution in [3.63, 3.8) is 0 Å². The largest absolute Gasteiger partial charge is 0.418 e. The summed E-state index contributed by atoms with van der Waals surface area (Å²) in [7, 11) is 0. The zero-order valence-corrected chi connectivity index (χ0v) is 14.6. The van der Waals surface area contributed by atoms with Crippen LogP contribution in [-0.2, 0) is 0 Å². The fourth-order valence-electron chi connectivity index (χ4n) is 2.30. The van der Waals surface area contributed by atoms with Crippen molar-refractivity contribution in [2.24, 2.45) is 0 Å². The Balaban J connectivity index is 2.03. The molecule has 7 heteroatoms. The summed E-state index contributed by atoms with van der Waals surface area (Å²) in [5.74, 6) is -0.328. The third-order valence-electron chi connectivity index (χ3n) is 3.72. The van der Waals surface area contributed by atoms with Gasteiger partial charge in [-0.05, 0) is 43.6 Å². The van der Waals surface area contributed by atoms with Crippen molar-refractivity contribution in [1.82, 2.24) is 10.2 Å². The monoisotopic (exact) mass is 373 g/mol. The Morgan fingerprint density at radius 2 is 2.04 bits per heavy atom. The minimum absolute atomic E-state index is 0.0586. The highest BCUT2D eigenvalue weighted by molar-refractivity contribution is 6.32. The van der Waals surface area contributed by atoms with Crippen LogP contribution in [0.4, 0.5) is 5.69 Å². The van der Waals surface area contributed by atoms with Crippen molar-refractivity contribution in [2.45, 2.75) is 26.0 Å². The molecule has 6 nitrogen and oxygen atoms in total. The number of rotatable bonds is 5. The maximum atomic E-state index is 10.3. The number of aliphatic hydroxyl groups is 1. The van der Waals surface area contributed by atoms with E-state index in [1.165, 1.54) is 13.0 Å². The summed E-state index contributed by atoms with van der Waals surface area (Å²) >= 11 is 6.20. The van der Waals surface area contributed by atoms with Gasteiger partial charge in [-0.3, -0.25) is 0 Å². The molecule has 26 heavy (non-hydrogen) atoms. The van der Waals surface area contributed by atoms with Crippen LogP contribution in [0.5, 0.6) is 0 Å². The van der Waals surface area contributed by atoms with Crippen molar-refractivity contribution >= 4 is 17.3 Å². The molecule has 0 amide bonds. The second kappa shape index (κ2) is 7.56. The Morgan fingerprint density at radius 3 is 2.69 bits per heavy atom. The summed E-state index contributed by atoms with van der Waals surface area (Å²) in [4.78, 5) is 0. The number of hydrogen-bond donors (Lipinski definition) is 2. The molecule has 0 aliphatic heterocycles. The molecular formula is C19H17ClN4O2. The maximum Gasteiger partial charge on any atom is 0.247 e. The molecule has 0 unspecified atom stereocenters.